The number of ether oxygens (including phenoxy) is 2. The van der Waals surface area contributed by atoms with Crippen LogP contribution in [0.15, 0.2) is 18.2 Å². The van der Waals surface area contributed by atoms with Gasteiger partial charge >= 0.3 is 0 Å². The zero-order valence-corrected chi connectivity index (χ0v) is 12.2. The van der Waals surface area contributed by atoms with Crippen LogP contribution < -0.4 is 20.5 Å². The minimum atomic E-state index is -0.466. The average molecular weight is 278 g/mol. The van der Waals surface area contributed by atoms with E-state index >= 15 is 0 Å². The minimum absolute atomic E-state index is 0.116. The molecule has 2 unspecified atom stereocenters. The number of nitrogens with two attached hydrogens (primary N) is 1. The molecule has 3 N–H and O–H groups in total. The lowest BCUT2D eigenvalue weighted by Crippen LogP contribution is -2.42. The SMILES string of the molecule is CC(C)CC(N)C(=O)NC(C)c1ccc2c(c1)OCO2. The van der Waals surface area contributed by atoms with Gasteiger partial charge in [0.15, 0.2) is 11.5 Å². The number of amides is 1. The van der Waals surface area contributed by atoms with Crippen LogP contribution >= 0.6 is 0 Å². The van der Waals surface area contributed by atoms with Gasteiger partial charge in [0.1, 0.15) is 0 Å². The molecule has 0 spiro atoms. The van der Waals surface area contributed by atoms with Crippen LogP contribution in [0.25, 0.3) is 0 Å². The summed E-state index contributed by atoms with van der Waals surface area (Å²) in [5.74, 6) is 1.74. The number of benzene rings is 1. The Labute approximate surface area is 119 Å². The molecule has 1 aliphatic rings. The standard InChI is InChI=1S/C15H22N2O3/c1-9(2)6-12(16)15(18)17-10(3)11-4-5-13-14(7-11)20-8-19-13/h4-5,7,9-10,12H,6,8,16H2,1-3H3,(H,17,18). The molecule has 2 atom stereocenters. The zero-order valence-electron chi connectivity index (χ0n) is 12.2. The summed E-state index contributed by atoms with van der Waals surface area (Å²) in [6.07, 6.45) is 0.680. The van der Waals surface area contributed by atoms with Gasteiger partial charge in [0, 0.05) is 0 Å². The maximum absolute atomic E-state index is 12.0. The number of carbonyl (C=O) groups excluding carboxylic acids is 1. The van der Waals surface area contributed by atoms with E-state index in [-0.39, 0.29) is 18.7 Å². The Morgan fingerprint density at radius 1 is 1.30 bits per heavy atom. The Bertz CT molecular complexity index is 488. The first kappa shape index (κ1) is 14.7. The van der Waals surface area contributed by atoms with Gasteiger partial charge in [-0.1, -0.05) is 19.9 Å². The summed E-state index contributed by atoms with van der Waals surface area (Å²) in [4.78, 5) is 12.0. The van der Waals surface area contributed by atoms with Gasteiger partial charge in [0.25, 0.3) is 0 Å². The largest absolute Gasteiger partial charge is 0.454 e. The summed E-state index contributed by atoms with van der Waals surface area (Å²) >= 11 is 0. The van der Waals surface area contributed by atoms with Crippen LogP contribution in [0.4, 0.5) is 0 Å². The molecule has 110 valence electrons. The van der Waals surface area contributed by atoms with E-state index in [2.05, 4.69) is 19.2 Å². The Kier molecular flexibility index (Phi) is 4.49. The molecule has 0 fully saturated rings. The molecule has 5 heteroatoms. The first-order chi connectivity index (χ1) is 9.47. The van der Waals surface area contributed by atoms with Gasteiger partial charge in [-0.3, -0.25) is 4.79 Å². The van der Waals surface area contributed by atoms with Gasteiger partial charge in [-0.15, -0.1) is 0 Å². The van der Waals surface area contributed by atoms with E-state index < -0.39 is 6.04 Å². The number of nitrogens with one attached hydrogen (secondary N) is 1. The normalized spacial score (nSPS) is 16.1. The third-order valence-corrected chi connectivity index (χ3v) is 3.32. The third kappa shape index (κ3) is 3.42. The Balaban J connectivity index is 1.97. The van der Waals surface area contributed by atoms with E-state index in [1.54, 1.807) is 0 Å². The predicted molar refractivity (Wildman–Crippen MR) is 76.6 cm³/mol. The van der Waals surface area contributed by atoms with Crippen LogP contribution in [-0.2, 0) is 4.79 Å². The summed E-state index contributed by atoms with van der Waals surface area (Å²) in [5, 5.41) is 2.93. The molecule has 1 amide bonds. The van der Waals surface area contributed by atoms with Crippen molar-refractivity contribution in [1.82, 2.24) is 5.32 Å². The molecule has 0 saturated carbocycles. The highest BCUT2D eigenvalue weighted by Crippen LogP contribution is 2.34. The highest BCUT2D eigenvalue weighted by Gasteiger charge is 2.20. The second-order valence-corrected chi connectivity index (χ2v) is 5.58. The van der Waals surface area contributed by atoms with Gasteiger partial charge < -0.3 is 20.5 Å². The smallest absolute Gasteiger partial charge is 0.237 e. The molecule has 1 aromatic rings. The van der Waals surface area contributed by atoms with Gasteiger partial charge in [0.2, 0.25) is 12.7 Å². The van der Waals surface area contributed by atoms with Crippen molar-refractivity contribution in [1.29, 1.82) is 0 Å². The highest BCUT2D eigenvalue weighted by atomic mass is 16.7. The molecule has 0 saturated heterocycles. The van der Waals surface area contributed by atoms with E-state index in [1.165, 1.54) is 0 Å². The van der Waals surface area contributed by atoms with Crippen molar-refractivity contribution < 1.29 is 14.3 Å². The van der Waals surface area contributed by atoms with Crippen LogP contribution in [0.5, 0.6) is 11.5 Å². The first-order valence-electron chi connectivity index (χ1n) is 6.93. The number of carbonyl (C=O) groups is 1. The summed E-state index contributed by atoms with van der Waals surface area (Å²) in [6, 6.07) is 5.09. The van der Waals surface area contributed by atoms with E-state index in [0.29, 0.717) is 12.3 Å². The van der Waals surface area contributed by atoms with Crippen LogP contribution in [0, 0.1) is 5.92 Å². The van der Waals surface area contributed by atoms with Gasteiger partial charge in [-0.25, -0.2) is 0 Å². The van der Waals surface area contributed by atoms with Crippen molar-refractivity contribution in [3.05, 3.63) is 23.8 Å². The molecule has 5 nitrogen and oxygen atoms in total. The maximum Gasteiger partial charge on any atom is 0.237 e. The lowest BCUT2D eigenvalue weighted by molar-refractivity contribution is -0.123. The van der Waals surface area contributed by atoms with Crippen molar-refractivity contribution in [2.75, 3.05) is 6.79 Å². The fourth-order valence-electron chi connectivity index (χ4n) is 2.20. The first-order valence-corrected chi connectivity index (χ1v) is 6.93. The molecule has 0 aromatic heterocycles. The van der Waals surface area contributed by atoms with Crippen molar-refractivity contribution in [2.24, 2.45) is 11.7 Å². The maximum atomic E-state index is 12.0. The molecular formula is C15H22N2O3. The highest BCUT2D eigenvalue weighted by molar-refractivity contribution is 5.81. The Hall–Kier alpha value is -1.75. The summed E-state index contributed by atoms with van der Waals surface area (Å²) in [7, 11) is 0. The number of hydrogen-bond acceptors (Lipinski definition) is 4. The summed E-state index contributed by atoms with van der Waals surface area (Å²) in [6.45, 7) is 6.28. The number of fused-ring (bicyclic) bond motifs is 1. The monoisotopic (exact) mass is 278 g/mol. The van der Waals surface area contributed by atoms with Crippen LogP contribution in [0.1, 0.15) is 38.8 Å². The van der Waals surface area contributed by atoms with E-state index in [9.17, 15) is 4.79 Å². The Morgan fingerprint density at radius 3 is 2.70 bits per heavy atom. The second kappa shape index (κ2) is 6.13. The third-order valence-electron chi connectivity index (χ3n) is 3.32. The molecule has 2 rings (SSSR count). The molecule has 1 aliphatic heterocycles. The van der Waals surface area contributed by atoms with E-state index in [4.69, 9.17) is 15.2 Å². The molecular weight excluding hydrogens is 256 g/mol. The van der Waals surface area contributed by atoms with Crippen molar-refractivity contribution >= 4 is 5.91 Å². The van der Waals surface area contributed by atoms with E-state index in [1.807, 2.05) is 25.1 Å². The number of hydrogen-bond donors (Lipinski definition) is 2. The van der Waals surface area contributed by atoms with Crippen molar-refractivity contribution in [3.8, 4) is 11.5 Å². The minimum Gasteiger partial charge on any atom is -0.454 e. The summed E-state index contributed by atoms with van der Waals surface area (Å²) < 4.78 is 10.6. The zero-order chi connectivity index (χ0) is 14.7. The fourth-order valence-corrected chi connectivity index (χ4v) is 2.20. The second-order valence-electron chi connectivity index (χ2n) is 5.58. The molecule has 0 aliphatic carbocycles. The molecule has 0 radical (unpaired) electrons. The predicted octanol–water partition coefficient (Wildman–Crippen LogP) is 1.97. The van der Waals surface area contributed by atoms with Gasteiger partial charge in [-0.05, 0) is 37.0 Å². The molecule has 20 heavy (non-hydrogen) atoms. The lowest BCUT2D eigenvalue weighted by atomic mass is 10.0. The molecule has 1 aromatic carbocycles. The van der Waals surface area contributed by atoms with Crippen molar-refractivity contribution in [2.45, 2.75) is 39.3 Å². The van der Waals surface area contributed by atoms with E-state index in [0.717, 1.165) is 17.1 Å². The van der Waals surface area contributed by atoms with Crippen LogP contribution in [-0.4, -0.2) is 18.7 Å². The van der Waals surface area contributed by atoms with Gasteiger partial charge in [0.05, 0.1) is 12.1 Å². The lowest BCUT2D eigenvalue weighted by Gasteiger charge is -2.19. The summed E-state index contributed by atoms with van der Waals surface area (Å²) in [5.41, 5.74) is 6.85. The van der Waals surface area contributed by atoms with Crippen LogP contribution in [0.3, 0.4) is 0 Å². The van der Waals surface area contributed by atoms with Gasteiger partial charge in [-0.2, -0.15) is 0 Å². The number of rotatable bonds is 5. The average Bonchev–Trinajstić information content (AvgIpc) is 2.84. The molecule has 0 bridgehead atoms. The fraction of sp³-hybridized carbons (Fsp3) is 0.533. The quantitative estimate of drug-likeness (QED) is 0.863. The topological polar surface area (TPSA) is 73.6 Å². The Morgan fingerprint density at radius 2 is 2.00 bits per heavy atom. The molecule has 1 heterocycles. The van der Waals surface area contributed by atoms with Crippen molar-refractivity contribution in [3.63, 3.8) is 0 Å². The van der Waals surface area contributed by atoms with Crippen LogP contribution in [0.2, 0.25) is 0 Å².